The number of amides is 1. The van der Waals surface area contributed by atoms with Gasteiger partial charge in [0.05, 0.1) is 19.1 Å². The molecule has 0 heterocycles. The number of rotatable bonds is 7. The summed E-state index contributed by atoms with van der Waals surface area (Å²) in [5.74, 6) is 0.659. The number of carbonyl (C=O) groups is 1. The number of methoxy groups -OCH3 is 1. The zero-order valence-electron chi connectivity index (χ0n) is 12.8. The van der Waals surface area contributed by atoms with Crippen LogP contribution in [-0.4, -0.2) is 27.7 Å². The molecule has 1 amide bonds. The topological polar surface area (TPSA) is 75.7 Å². The van der Waals surface area contributed by atoms with Gasteiger partial charge in [-0.2, -0.15) is 4.41 Å². The van der Waals surface area contributed by atoms with Gasteiger partial charge in [0, 0.05) is 6.42 Å². The molecule has 0 fully saturated rings. The van der Waals surface area contributed by atoms with Crippen LogP contribution in [0.4, 0.5) is 5.69 Å². The van der Waals surface area contributed by atoms with Crippen molar-refractivity contribution in [2.45, 2.75) is 26.7 Å². The molecule has 0 saturated carbocycles. The molecule has 1 aromatic rings. The molecule has 0 unspecified atom stereocenters. The maximum absolute atomic E-state index is 11.9. The summed E-state index contributed by atoms with van der Waals surface area (Å²) in [4.78, 5) is 11.9. The highest BCUT2D eigenvalue weighted by atomic mass is 32.2. The van der Waals surface area contributed by atoms with Gasteiger partial charge in [-0.05, 0) is 36.6 Å². The average Bonchev–Trinajstić information content (AvgIpc) is 2.41. The Bertz CT molecular complexity index is 567. The lowest BCUT2D eigenvalue weighted by Crippen LogP contribution is -2.45. The maximum Gasteiger partial charge on any atom is 0.249 e. The Morgan fingerprint density at radius 2 is 1.86 bits per heavy atom. The molecule has 0 aromatic heterocycles. The molecule has 118 valence electrons. The van der Waals surface area contributed by atoms with Gasteiger partial charge in [-0.1, -0.05) is 13.8 Å². The summed E-state index contributed by atoms with van der Waals surface area (Å²) >= 11 is 0. The van der Waals surface area contributed by atoms with Crippen molar-refractivity contribution in [1.82, 2.24) is 5.43 Å². The first-order valence-electron chi connectivity index (χ1n) is 6.68. The van der Waals surface area contributed by atoms with Crippen LogP contribution in [0.25, 0.3) is 0 Å². The predicted molar refractivity (Wildman–Crippen MR) is 82.5 cm³/mol. The average molecular weight is 314 g/mol. The van der Waals surface area contributed by atoms with Gasteiger partial charge in [0.25, 0.3) is 0 Å². The van der Waals surface area contributed by atoms with E-state index in [2.05, 4.69) is 5.43 Å². The minimum Gasteiger partial charge on any atom is -0.497 e. The quantitative estimate of drug-likeness (QED) is 0.780. The van der Waals surface area contributed by atoms with E-state index in [0.29, 0.717) is 23.8 Å². The second-order valence-corrected chi connectivity index (χ2v) is 7.02. The third-order valence-corrected chi connectivity index (χ3v) is 3.78. The van der Waals surface area contributed by atoms with Crippen LogP contribution in [0.5, 0.6) is 5.75 Å². The molecule has 1 aromatic carbocycles. The SMILES string of the molecule is COc1ccc(N(NC(=O)CCC(C)C)S(C)(=O)=O)cc1. The number of ether oxygens (including phenoxy) is 1. The molecule has 0 bridgehead atoms. The van der Waals surface area contributed by atoms with Crippen molar-refractivity contribution in [3.63, 3.8) is 0 Å². The molecular weight excluding hydrogens is 292 g/mol. The summed E-state index contributed by atoms with van der Waals surface area (Å²) in [5, 5.41) is 0. The smallest absolute Gasteiger partial charge is 0.249 e. The molecule has 21 heavy (non-hydrogen) atoms. The molecule has 0 aliphatic rings. The van der Waals surface area contributed by atoms with Gasteiger partial charge in [0.2, 0.25) is 15.9 Å². The van der Waals surface area contributed by atoms with Crippen molar-refractivity contribution in [3.05, 3.63) is 24.3 Å². The number of sulfonamides is 1. The number of anilines is 1. The number of hydrogen-bond donors (Lipinski definition) is 1. The number of benzene rings is 1. The Morgan fingerprint density at radius 3 is 2.29 bits per heavy atom. The molecule has 0 spiro atoms. The van der Waals surface area contributed by atoms with Crippen molar-refractivity contribution in [2.24, 2.45) is 5.92 Å². The Balaban J connectivity index is 2.88. The second kappa shape index (κ2) is 7.31. The fourth-order valence-electron chi connectivity index (χ4n) is 1.65. The zero-order chi connectivity index (χ0) is 16.0. The molecule has 7 heteroatoms. The van der Waals surface area contributed by atoms with Crippen molar-refractivity contribution >= 4 is 21.6 Å². The van der Waals surface area contributed by atoms with Gasteiger partial charge in [0.15, 0.2) is 0 Å². The lowest BCUT2D eigenvalue weighted by Gasteiger charge is -2.23. The van der Waals surface area contributed by atoms with Crippen LogP contribution in [0.3, 0.4) is 0 Å². The second-order valence-electron chi connectivity index (χ2n) is 5.19. The normalized spacial score (nSPS) is 11.3. The van der Waals surface area contributed by atoms with Gasteiger partial charge >= 0.3 is 0 Å². The van der Waals surface area contributed by atoms with Gasteiger partial charge in [-0.25, -0.2) is 8.42 Å². The first-order valence-corrected chi connectivity index (χ1v) is 8.52. The van der Waals surface area contributed by atoms with E-state index in [1.165, 1.54) is 7.11 Å². The number of carbonyl (C=O) groups excluding carboxylic acids is 1. The van der Waals surface area contributed by atoms with Gasteiger partial charge < -0.3 is 4.74 Å². The Morgan fingerprint density at radius 1 is 1.29 bits per heavy atom. The standard InChI is InChI=1S/C14H22N2O4S/c1-11(2)5-10-14(17)15-16(21(4,18)19)12-6-8-13(20-3)9-7-12/h6-9,11H,5,10H2,1-4H3,(H,15,17). The summed E-state index contributed by atoms with van der Waals surface area (Å²) in [5.41, 5.74) is 2.79. The van der Waals surface area contributed by atoms with Crippen LogP contribution in [0, 0.1) is 5.92 Å². The fraction of sp³-hybridized carbons (Fsp3) is 0.500. The maximum atomic E-state index is 11.9. The van der Waals surface area contributed by atoms with E-state index < -0.39 is 10.0 Å². The van der Waals surface area contributed by atoms with E-state index in [-0.39, 0.29) is 12.3 Å². The van der Waals surface area contributed by atoms with Crippen molar-refractivity contribution < 1.29 is 17.9 Å². The molecule has 0 aliphatic carbocycles. The van der Waals surface area contributed by atoms with Crippen LogP contribution in [-0.2, 0) is 14.8 Å². The lowest BCUT2D eigenvalue weighted by molar-refractivity contribution is -0.121. The monoisotopic (exact) mass is 314 g/mol. The van der Waals surface area contributed by atoms with E-state index in [9.17, 15) is 13.2 Å². The summed E-state index contributed by atoms with van der Waals surface area (Å²) in [6.07, 6.45) is 2.02. The Kier molecular flexibility index (Phi) is 6.02. The van der Waals surface area contributed by atoms with Crippen molar-refractivity contribution in [1.29, 1.82) is 0 Å². The van der Waals surface area contributed by atoms with Crippen LogP contribution in [0.2, 0.25) is 0 Å². The van der Waals surface area contributed by atoms with E-state index >= 15 is 0 Å². The van der Waals surface area contributed by atoms with Crippen molar-refractivity contribution in [2.75, 3.05) is 17.8 Å². The molecule has 0 atom stereocenters. The molecular formula is C14H22N2O4S. The van der Waals surface area contributed by atoms with E-state index in [1.807, 2.05) is 13.8 Å². The molecule has 0 aliphatic heterocycles. The summed E-state index contributed by atoms with van der Waals surface area (Å²) in [6.45, 7) is 4.01. The molecule has 6 nitrogen and oxygen atoms in total. The highest BCUT2D eigenvalue weighted by Gasteiger charge is 2.20. The fourth-order valence-corrected chi connectivity index (χ4v) is 2.42. The molecule has 1 rings (SSSR count). The number of hydrogen-bond acceptors (Lipinski definition) is 4. The van der Waals surface area contributed by atoms with Crippen LogP contribution in [0.1, 0.15) is 26.7 Å². The number of nitrogens with one attached hydrogen (secondary N) is 1. The molecule has 1 N–H and O–H groups in total. The lowest BCUT2D eigenvalue weighted by atomic mass is 10.1. The highest BCUT2D eigenvalue weighted by Crippen LogP contribution is 2.20. The third-order valence-electron chi connectivity index (χ3n) is 2.81. The minimum atomic E-state index is -3.61. The van der Waals surface area contributed by atoms with Crippen LogP contribution in [0.15, 0.2) is 24.3 Å². The summed E-state index contributed by atoms with van der Waals surface area (Å²) in [7, 11) is -2.09. The van der Waals surface area contributed by atoms with Gasteiger partial charge in [-0.15, -0.1) is 0 Å². The first kappa shape index (κ1) is 17.3. The Hall–Kier alpha value is -1.76. The highest BCUT2D eigenvalue weighted by molar-refractivity contribution is 7.92. The number of nitrogens with zero attached hydrogens (tertiary/aromatic N) is 1. The first-order chi connectivity index (χ1) is 9.74. The molecule has 0 radical (unpaired) electrons. The van der Waals surface area contributed by atoms with E-state index in [0.717, 1.165) is 10.7 Å². The van der Waals surface area contributed by atoms with E-state index in [1.54, 1.807) is 24.3 Å². The van der Waals surface area contributed by atoms with Crippen molar-refractivity contribution in [3.8, 4) is 5.75 Å². The largest absolute Gasteiger partial charge is 0.497 e. The predicted octanol–water partition coefficient (Wildman–Crippen LogP) is 1.93. The summed E-state index contributed by atoms with van der Waals surface area (Å²) in [6, 6.07) is 6.41. The third kappa shape index (κ3) is 5.63. The van der Waals surface area contributed by atoms with Gasteiger partial charge in [0.1, 0.15) is 5.75 Å². The zero-order valence-corrected chi connectivity index (χ0v) is 13.6. The Labute approximate surface area is 126 Å². The van der Waals surface area contributed by atoms with E-state index in [4.69, 9.17) is 4.74 Å². The minimum absolute atomic E-state index is 0.278. The van der Waals surface area contributed by atoms with Gasteiger partial charge in [-0.3, -0.25) is 10.2 Å². The van der Waals surface area contributed by atoms with Crippen LogP contribution < -0.4 is 14.6 Å². The van der Waals surface area contributed by atoms with Crippen LogP contribution >= 0.6 is 0 Å². The number of hydrazine groups is 1. The summed E-state index contributed by atoms with van der Waals surface area (Å²) < 4.78 is 29.6. The molecule has 0 saturated heterocycles.